The van der Waals surface area contributed by atoms with Crippen molar-refractivity contribution in [1.29, 1.82) is 0 Å². The van der Waals surface area contributed by atoms with Gasteiger partial charge in [-0.2, -0.15) is 13.2 Å². The highest BCUT2D eigenvalue weighted by molar-refractivity contribution is 6.01. The Morgan fingerprint density at radius 3 is 2.59 bits per heavy atom. The lowest BCUT2D eigenvalue weighted by atomic mass is 9.94. The number of halogens is 4. The average molecular weight is 333 g/mol. The predicted octanol–water partition coefficient (Wildman–Crippen LogP) is 3.10. The van der Waals surface area contributed by atoms with Gasteiger partial charge in [0, 0.05) is 19.6 Å². The van der Waals surface area contributed by atoms with E-state index in [1.807, 2.05) is 6.07 Å². The second-order valence-corrected chi connectivity index (χ2v) is 6.02. The number of carbonyl (C=O) groups excluding carboxylic acids is 1. The molecule has 3 nitrogen and oxygen atoms in total. The summed E-state index contributed by atoms with van der Waals surface area (Å²) in [5, 5.41) is 3.16. The number of rotatable bonds is 1. The number of nitrogens with one attached hydrogen (secondary N) is 1. The van der Waals surface area contributed by atoms with Gasteiger partial charge in [0.25, 0.3) is 5.91 Å². The summed E-state index contributed by atoms with van der Waals surface area (Å²) in [5.74, 6) is -0.233. The zero-order valence-corrected chi connectivity index (χ0v) is 12.6. The second kappa shape index (κ2) is 5.13. The van der Waals surface area contributed by atoms with E-state index in [1.54, 1.807) is 4.90 Å². The van der Waals surface area contributed by atoms with Gasteiger partial charge in [-0.3, -0.25) is 4.79 Å². The lowest BCUT2D eigenvalue weighted by Gasteiger charge is -2.30. The lowest BCUT2D eigenvalue weighted by molar-refractivity contribution is -0.138. The summed E-state index contributed by atoms with van der Waals surface area (Å²) in [5.41, 5.74) is 0.423. The molecule has 4 rings (SSSR count). The fraction of sp³-hybridized carbons (Fsp3) is 0.533. The molecule has 1 aromatic carbocycles. The fourth-order valence-electron chi connectivity index (χ4n) is 3.43. The van der Waals surface area contributed by atoms with Crippen molar-refractivity contribution in [3.8, 4) is 0 Å². The first-order chi connectivity index (χ1) is 9.97. The number of amides is 1. The maximum atomic E-state index is 13.4. The number of hydrogen-bond acceptors (Lipinski definition) is 2. The van der Waals surface area contributed by atoms with Crippen LogP contribution < -0.4 is 5.32 Å². The summed E-state index contributed by atoms with van der Waals surface area (Å²) < 4.78 is 40.1. The minimum absolute atomic E-state index is 0. The highest BCUT2D eigenvalue weighted by Crippen LogP contribution is 2.47. The van der Waals surface area contributed by atoms with E-state index in [4.69, 9.17) is 0 Å². The van der Waals surface area contributed by atoms with Crippen LogP contribution in [0.25, 0.3) is 0 Å². The van der Waals surface area contributed by atoms with Crippen LogP contribution >= 0.6 is 12.4 Å². The molecule has 1 atom stereocenters. The monoisotopic (exact) mass is 332 g/mol. The summed E-state index contributed by atoms with van der Waals surface area (Å²) in [6.45, 7) is 1.63. The summed E-state index contributed by atoms with van der Waals surface area (Å²) in [6.07, 6.45) is -2.60. The maximum Gasteiger partial charge on any atom is 0.417 e. The van der Waals surface area contributed by atoms with Gasteiger partial charge in [0.2, 0.25) is 0 Å². The third kappa shape index (κ3) is 2.29. The van der Waals surface area contributed by atoms with Crippen LogP contribution in [0.15, 0.2) is 12.1 Å². The molecule has 0 radical (unpaired) electrons. The molecule has 2 aliphatic heterocycles. The second-order valence-electron chi connectivity index (χ2n) is 6.02. The molecule has 1 aliphatic carbocycles. The van der Waals surface area contributed by atoms with Crippen LogP contribution in [-0.2, 0) is 6.18 Å². The number of hydrogen-bond donors (Lipinski definition) is 1. The van der Waals surface area contributed by atoms with Crippen molar-refractivity contribution in [3.05, 3.63) is 34.4 Å². The minimum Gasteiger partial charge on any atom is -0.329 e. The molecule has 1 amide bonds. The fourth-order valence-corrected chi connectivity index (χ4v) is 3.43. The van der Waals surface area contributed by atoms with E-state index in [2.05, 4.69) is 5.32 Å². The topological polar surface area (TPSA) is 32.3 Å². The van der Waals surface area contributed by atoms with E-state index >= 15 is 0 Å². The Hall–Kier alpha value is -1.27. The molecule has 0 aromatic heterocycles. The Labute approximate surface area is 132 Å². The highest BCUT2D eigenvalue weighted by atomic mass is 35.5. The van der Waals surface area contributed by atoms with Gasteiger partial charge in [-0.15, -0.1) is 12.4 Å². The van der Waals surface area contributed by atoms with Crippen molar-refractivity contribution in [3.63, 3.8) is 0 Å². The van der Waals surface area contributed by atoms with Crippen molar-refractivity contribution in [2.24, 2.45) is 0 Å². The molecule has 2 fully saturated rings. The quantitative estimate of drug-likeness (QED) is 0.857. The summed E-state index contributed by atoms with van der Waals surface area (Å²) in [7, 11) is 0. The number of carbonyl (C=O) groups is 1. The molecule has 0 unspecified atom stereocenters. The number of benzene rings is 1. The molecule has 2 heterocycles. The van der Waals surface area contributed by atoms with E-state index in [-0.39, 0.29) is 29.9 Å². The average Bonchev–Trinajstić information content (AvgIpc) is 3.25. The molecule has 1 saturated heterocycles. The van der Waals surface area contributed by atoms with Gasteiger partial charge in [0.1, 0.15) is 0 Å². The molecule has 7 heteroatoms. The van der Waals surface area contributed by atoms with Crippen LogP contribution in [-0.4, -0.2) is 30.4 Å². The molecule has 0 spiro atoms. The SMILES string of the molecule is Cl.O=C1c2c(cc(C3CC3)cc2C(F)(F)F)[C@@H]2CNCCN12. The Bertz CT molecular complexity index is 628. The first-order valence-electron chi connectivity index (χ1n) is 7.23. The molecule has 0 bridgehead atoms. The van der Waals surface area contributed by atoms with Crippen LogP contribution in [0.2, 0.25) is 0 Å². The van der Waals surface area contributed by atoms with E-state index in [0.29, 0.717) is 25.2 Å². The molecule has 3 aliphatic rings. The van der Waals surface area contributed by atoms with E-state index in [1.165, 1.54) is 6.07 Å². The smallest absolute Gasteiger partial charge is 0.329 e. The summed E-state index contributed by atoms with van der Waals surface area (Å²) in [4.78, 5) is 14.0. The standard InChI is InChI=1S/C15H15F3N2O.ClH/c16-15(17,18)11-6-9(8-1-2-8)5-10-12-7-19-3-4-20(12)14(21)13(10)11;/h5-6,8,12,19H,1-4,7H2;1H/t12-;/m0./s1. The summed E-state index contributed by atoms with van der Waals surface area (Å²) >= 11 is 0. The van der Waals surface area contributed by atoms with Gasteiger partial charge in [0.15, 0.2) is 0 Å². The van der Waals surface area contributed by atoms with Crippen molar-refractivity contribution >= 4 is 18.3 Å². The lowest BCUT2D eigenvalue weighted by Crippen LogP contribution is -2.44. The molecule has 1 saturated carbocycles. The molecule has 22 heavy (non-hydrogen) atoms. The first-order valence-corrected chi connectivity index (χ1v) is 7.23. The Balaban J connectivity index is 0.00000144. The number of nitrogens with zero attached hydrogens (tertiary/aromatic N) is 1. The normalized spacial score (nSPS) is 23.9. The maximum absolute atomic E-state index is 13.4. The van der Waals surface area contributed by atoms with Gasteiger partial charge in [-0.25, -0.2) is 0 Å². The van der Waals surface area contributed by atoms with Gasteiger partial charge in [0.05, 0.1) is 17.2 Å². The Morgan fingerprint density at radius 1 is 1.23 bits per heavy atom. The van der Waals surface area contributed by atoms with E-state index in [0.717, 1.165) is 18.4 Å². The van der Waals surface area contributed by atoms with Crippen molar-refractivity contribution in [2.45, 2.75) is 31.0 Å². The van der Waals surface area contributed by atoms with Gasteiger partial charge < -0.3 is 10.2 Å². The van der Waals surface area contributed by atoms with E-state index in [9.17, 15) is 18.0 Å². The summed E-state index contributed by atoms with van der Waals surface area (Å²) in [6, 6.07) is 2.78. The van der Waals surface area contributed by atoms with Crippen molar-refractivity contribution < 1.29 is 18.0 Å². The first kappa shape index (κ1) is 15.6. The molecular weight excluding hydrogens is 317 g/mol. The zero-order chi connectivity index (χ0) is 14.8. The number of alkyl halides is 3. The highest BCUT2D eigenvalue weighted by Gasteiger charge is 2.46. The number of fused-ring (bicyclic) bond motifs is 3. The molecule has 1 aromatic rings. The van der Waals surface area contributed by atoms with Crippen molar-refractivity contribution in [1.82, 2.24) is 10.2 Å². The van der Waals surface area contributed by atoms with Crippen molar-refractivity contribution in [2.75, 3.05) is 19.6 Å². The van der Waals surface area contributed by atoms with Crippen LogP contribution in [0.1, 0.15) is 51.8 Å². The van der Waals surface area contributed by atoms with E-state index < -0.39 is 17.6 Å². The van der Waals surface area contributed by atoms with Gasteiger partial charge in [-0.1, -0.05) is 6.07 Å². The molecule has 1 N–H and O–H groups in total. The van der Waals surface area contributed by atoms with Gasteiger partial charge >= 0.3 is 6.18 Å². The predicted molar refractivity (Wildman–Crippen MR) is 77.3 cm³/mol. The third-order valence-electron chi connectivity index (χ3n) is 4.62. The Kier molecular flexibility index (Phi) is 3.64. The molecular formula is C15H16ClF3N2O. The minimum atomic E-state index is -4.48. The van der Waals surface area contributed by atoms with Crippen LogP contribution in [0.3, 0.4) is 0 Å². The van der Waals surface area contributed by atoms with Gasteiger partial charge in [-0.05, 0) is 36.0 Å². The van der Waals surface area contributed by atoms with Crippen LogP contribution in [0.5, 0.6) is 0 Å². The van der Waals surface area contributed by atoms with Crippen LogP contribution in [0.4, 0.5) is 13.2 Å². The molecule has 120 valence electrons. The number of piperazine rings is 1. The largest absolute Gasteiger partial charge is 0.417 e. The van der Waals surface area contributed by atoms with Crippen LogP contribution in [0, 0.1) is 0 Å². The Morgan fingerprint density at radius 2 is 1.95 bits per heavy atom. The third-order valence-corrected chi connectivity index (χ3v) is 4.62. The zero-order valence-electron chi connectivity index (χ0n) is 11.7.